The van der Waals surface area contributed by atoms with Crippen LogP contribution in [0.5, 0.6) is 0 Å². The fraction of sp³-hybridized carbons (Fsp3) is 0.500. The number of hydrogen-bond donors (Lipinski definition) is 2. The lowest BCUT2D eigenvalue weighted by atomic mass is 10.1. The number of anilines is 1. The maximum absolute atomic E-state index is 11.6. The van der Waals surface area contributed by atoms with Crippen LogP contribution in [0, 0.1) is 5.92 Å². The molecule has 1 amide bonds. The molecular weight excluding hydrogens is 248 g/mol. The van der Waals surface area contributed by atoms with Gasteiger partial charge in [-0.25, -0.2) is 0 Å². The Morgan fingerprint density at radius 2 is 2.17 bits per heavy atom. The fourth-order valence-corrected chi connectivity index (χ4v) is 2.65. The van der Waals surface area contributed by atoms with Crippen LogP contribution in [0.4, 0.5) is 5.69 Å². The number of rotatable bonds is 3. The first-order valence-electron chi connectivity index (χ1n) is 6.38. The van der Waals surface area contributed by atoms with E-state index in [0.29, 0.717) is 16.6 Å². The zero-order valence-electron chi connectivity index (χ0n) is 10.8. The lowest BCUT2D eigenvalue weighted by Gasteiger charge is -2.16. The SMILES string of the molecule is CNC(=O)c1ccc(Cl)c(NC2CCC(C)C2)c1. The third-order valence-electron chi connectivity index (χ3n) is 3.51. The Bertz CT molecular complexity index is 447. The van der Waals surface area contributed by atoms with Crippen molar-refractivity contribution in [3.05, 3.63) is 28.8 Å². The van der Waals surface area contributed by atoms with Gasteiger partial charge >= 0.3 is 0 Å². The average molecular weight is 267 g/mol. The quantitative estimate of drug-likeness (QED) is 0.881. The molecule has 0 bridgehead atoms. The summed E-state index contributed by atoms with van der Waals surface area (Å²) >= 11 is 6.16. The Morgan fingerprint density at radius 3 is 2.78 bits per heavy atom. The van der Waals surface area contributed by atoms with Gasteiger partial charge in [0.25, 0.3) is 5.91 Å². The molecular formula is C14H19ClN2O. The number of amides is 1. The normalized spacial score (nSPS) is 22.8. The molecule has 3 nitrogen and oxygen atoms in total. The highest BCUT2D eigenvalue weighted by Gasteiger charge is 2.21. The molecule has 2 N–H and O–H groups in total. The molecule has 2 atom stereocenters. The van der Waals surface area contributed by atoms with E-state index in [-0.39, 0.29) is 5.91 Å². The van der Waals surface area contributed by atoms with Crippen molar-refractivity contribution in [2.75, 3.05) is 12.4 Å². The predicted molar refractivity (Wildman–Crippen MR) is 75.3 cm³/mol. The smallest absolute Gasteiger partial charge is 0.251 e. The molecule has 98 valence electrons. The molecule has 2 rings (SSSR count). The highest BCUT2D eigenvalue weighted by Crippen LogP contribution is 2.30. The summed E-state index contributed by atoms with van der Waals surface area (Å²) in [4.78, 5) is 11.6. The standard InChI is InChI=1S/C14H19ClN2O/c1-9-3-5-11(7-9)17-13-8-10(14(18)16-2)4-6-12(13)15/h4,6,8-9,11,17H,3,5,7H2,1-2H3,(H,16,18). The number of benzene rings is 1. The van der Waals surface area contributed by atoms with Gasteiger partial charge in [-0.05, 0) is 43.4 Å². The van der Waals surface area contributed by atoms with Crippen molar-refractivity contribution < 1.29 is 4.79 Å². The molecule has 0 radical (unpaired) electrons. The van der Waals surface area contributed by atoms with Crippen molar-refractivity contribution in [2.45, 2.75) is 32.2 Å². The lowest BCUT2D eigenvalue weighted by Crippen LogP contribution is -2.19. The summed E-state index contributed by atoms with van der Waals surface area (Å²) in [6.07, 6.45) is 3.59. The topological polar surface area (TPSA) is 41.1 Å². The molecule has 1 aromatic rings. The zero-order chi connectivity index (χ0) is 13.1. The van der Waals surface area contributed by atoms with E-state index in [0.717, 1.165) is 11.6 Å². The Labute approximate surface area is 113 Å². The molecule has 0 aromatic heterocycles. The lowest BCUT2D eigenvalue weighted by molar-refractivity contribution is 0.0963. The average Bonchev–Trinajstić information content (AvgIpc) is 2.76. The van der Waals surface area contributed by atoms with E-state index in [1.807, 2.05) is 6.07 Å². The molecule has 1 aliphatic rings. The Balaban J connectivity index is 2.13. The molecule has 0 heterocycles. The second-order valence-electron chi connectivity index (χ2n) is 5.03. The third-order valence-corrected chi connectivity index (χ3v) is 3.84. The van der Waals surface area contributed by atoms with E-state index in [1.54, 1.807) is 19.2 Å². The minimum absolute atomic E-state index is 0.0884. The van der Waals surface area contributed by atoms with E-state index in [1.165, 1.54) is 19.3 Å². The first-order valence-corrected chi connectivity index (χ1v) is 6.76. The van der Waals surface area contributed by atoms with E-state index in [4.69, 9.17) is 11.6 Å². The van der Waals surface area contributed by atoms with Crippen LogP contribution in [-0.2, 0) is 0 Å². The van der Waals surface area contributed by atoms with Crippen molar-refractivity contribution in [2.24, 2.45) is 5.92 Å². The van der Waals surface area contributed by atoms with E-state index >= 15 is 0 Å². The summed E-state index contributed by atoms with van der Waals surface area (Å²) in [7, 11) is 1.63. The Morgan fingerprint density at radius 1 is 1.39 bits per heavy atom. The molecule has 4 heteroatoms. The summed E-state index contributed by atoms with van der Waals surface area (Å²) in [5.41, 5.74) is 1.49. The van der Waals surface area contributed by atoms with Gasteiger partial charge in [0.05, 0.1) is 10.7 Å². The van der Waals surface area contributed by atoms with Crippen LogP contribution in [-0.4, -0.2) is 19.0 Å². The van der Waals surface area contributed by atoms with Crippen molar-refractivity contribution in [3.8, 4) is 0 Å². The van der Waals surface area contributed by atoms with Crippen LogP contribution in [0.15, 0.2) is 18.2 Å². The summed E-state index contributed by atoms with van der Waals surface area (Å²) in [5, 5.41) is 6.73. The zero-order valence-corrected chi connectivity index (χ0v) is 11.6. The largest absolute Gasteiger partial charge is 0.381 e. The summed E-state index contributed by atoms with van der Waals surface area (Å²) in [5.74, 6) is 0.679. The van der Waals surface area contributed by atoms with Crippen molar-refractivity contribution in [1.29, 1.82) is 0 Å². The van der Waals surface area contributed by atoms with E-state index in [2.05, 4.69) is 17.6 Å². The first-order chi connectivity index (χ1) is 8.60. The van der Waals surface area contributed by atoms with Crippen molar-refractivity contribution in [3.63, 3.8) is 0 Å². The molecule has 1 saturated carbocycles. The molecule has 0 aliphatic heterocycles. The Hall–Kier alpha value is -1.22. The molecule has 1 aromatic carbocycles. The van der Waals surface area contributed by atoms with Gasteiger partial charge in [0, 0.05) is 18.7 Å². The summed E-state index contributed by atoms with van der Waals surface area (Å²) in [6, 6.07) is 5.80. The van der Waals surface area contributed by atoms with Gasteiger partial charge in [0.2, 0.25) is 0 Å². The molecule has 1 fully saturated rings. The second kappa shape index (κ2) is 5.61. The van der Waals surface area contributed by atoms with E-state index < -0.39 is 0 Å². The number of nitrogens with one attached hydrogen (secondary N) is 2. The number of hydrogen-bond acceptors (Lipinski definition) is 2. The molecule has 0 spiro atoms. The van der Waals surface area contributed by atoms with Crippen LogP contribution in [0.1, 0.15) is 36.5 Å². The van der Waals surface area contributed by atoms with Gasteiger partial charge in [-0.3, -0.25) is 4.79 Å². The highest BCUT2D eigenvalue weighted by molar-refractivity contribution is 6.33. The van der Waals surface area contributed by atoms with E-state index in [9.17, 15) is 4.79 Å². The van der Waals surface area contributed by atoms with Gasteiger partial charge in [0.1, 0.15) is 0 Å². The fourth-order valence-electron chi connectivity index (χ4n) is 2.48. The molecule has 0 saturated heterocycles. The third kappa shape index (κ3) is 2.96. The van der Waals surface area contributed by atoms with Crippen LogP contribution in [0.3, 0.4) is 0 Å². The van der Waals surface area contributed by atoms with Crippen LogP contribution in [0.25, 0.3) is 0 Å². The number of carbonyl (C=O) groups is 1. The monoisotopic (exact) mass is 266 g/mol. The highest BCUT2D eigenvalue weighted by atomic mass is 35.5. The van der Waals surface area contributed by atoms with Gasteiger partial charge in [-0.1, -0.05) is 18.5 Å². The molecule has 1 aliphatic carbocycles. The predicted octanol–water partition coefficient (Wildman–Crippen LogP) is 3.30. The number of halogens is 1. The van der Waals surface area contributed by atoms with Gasteiger partial charge < -0.3 is 10.6 Å². The molecule has 18 heavy (non-hydrogen) atoms. The Kier molecular flexibility index (Phi) is 4.12. The van der Waals surface area contributed by atoms with Gasteiger partial charge in [0.15, 0.2) is 0 Å². The maximum atomic E-state index is 11.6. The van der Waals surface area contributed by atoms with Crippen molar-refractivity contribution in [1.82, 2.24) is 5.32 Å². The first kappa shape index (κ1) is 13.2. The number of carbonyl (C=O) groups excluding carboxylic acids is 1. The minimum Gasteiger partial charge on any atom is -0.381 e. The molecule has 2 unspecified atom stereocenters. The van der Waals surface area contributed by atoms with Crippen LogP contribution in [0.2, 0.25) is 5.02 Å². The second-order valence-corrected chi connectivity index (χ2v) is 5.44. The maximum Gasteiger partial charge on any atom is 0.251 e. The summed E-state index contributed by atoms with van der Waals surface area (Å²) in [6.45, 7) is 2.27. The van der Waals surface area contributed by atoms with Gasteiger partial charge in [-0.2, -0.15) is 0 Å². The minimum atomic E-state index is -0.0884. The van der Waals surface area contributed by atoms with Crippen LogP contribution < -0.4 is 10.6 Å². The van der Waals surface area contributed by atoms with Gasteiger partial charge in [-0.15, -0.1) is 0 Å². The summed E-state index contributed by atoms with van der Waals surface area (Å²) < 4.78 is 0. The van der Waals surface area contributed by atoms with Crippen molar-refractivity contribution >= 4 is 23.2 Å². The van der Waals surface area contributed by atoms with Crippen LogP contribution >= 0.6 is 11.6 Å².